The number of piperazine rings is 1. The van der Waals surface area contributed by atoms with Crippen LogP contribution in [-0.2, 0) is 4.79 Å². The largest absolute Gasteiger partial charge is 0.352 e. The summed E-state index contributed by atoms with van der Waals surface area (Å²) < 4.78 is 0. The average Bonchev–Trinajstić information content (AvgIpc) is 3.13. The molecule has 2 rings (SSSR count). The Bertz CT molecular complexity index is 293. The third kappa shape index (κ3) is 3.67. The number of nitrogens with one attached hydrogen (secondary N) is 1. The van der Waals surface area contributed by atoms with E-state index in [2.05, 4.69) is 29.0 Å². The van der Waals surface area contributed by atoms with Crippen LogP contribution >= 0.6 is 0 Å². The second-order valence-corrected chi connectivity index (χ2v) is 6.12. The monoisotopic (exact) mass is 254 g/mol. The molecular weight excluding hydrogens is 228 g/mol. The van der Waals surface area contributed by atoms with Crippen molar-refractivity contribution in [2.75, 3.05) is 39.3 Å². The van der Waals surface area contributed by atoms with Crippen LogP contribution in [0.4, 0.5) is 0 Å². The molecule has 2 aliphatic rings. The maximum absolute atomic E-state index is 11.7. The first-order valence-electron chi connectivity index (χ1n) is 6.98. The van der Waals surface area contributed by atoms with E-state index in [1.807, 2.05) is 0 Å². The van der Waals surface area contributed by atoms with Gasteiger partial charge >= 0.3 is 0 Å². The van der Waals surface area contributed by atoms with E-state index >= 15 is 0 Å². The summed E-state index contributed by atoms with van der Waals surface area (Å²) in [7, 11) is 0. The summed E-state index contributed by atoms with van der Waals surface area (Å²) >= 11 is 0. The fourth-order valence-corrected chi connectivity index (χ4v) is 2.34. The molecule has 0 aromatic rings. The van der Waals surface area contributed by atoms with Crippen molar-refractivity contribution in [1.29, 1.82) is 0 Å². The van der Waals surface area contributed by atoms with E-state index in [0.29, 0.717) is 19.1 Å². The van der Waals surface area contributed by atoms with Crippen LogP contribution in [0.25, 0.3) is 0 Å². The number of amides is 1. The number of hydrogen-bond donors (Lipinski definition) is 2. The molecule has 0 aromatic heterocycles. The Morgan fingerprint density at radius 1 is 1.28 bits per heavy atom. The summed E-state index contributed by atoms with van der Waals surface area (Å²) in [4.78, 5) is 16.4. The lowest BCUT2D eigenvalue weighted by Gasteiger charge is -2.43. The van der Waals surface area contributed by atoms with Crippen molar-refractivity contribution < 1.29 is 4.79 Å². The molecule has 5 nitrogen and oxygen atoms in total. The van der Waals surface area contributed by atoms with Crippen LogP contribution in [0.2, 0.25) is 0 Å². The molecule has 1 amide bonds. The van der Waals surface area contributed by atoms with Crippen LogP contribution in [0.3, 0.4) is 0 Å². The first kappa shape index (κ1) is 13.8. The van der Waals surface area contributed by atoms with Crippen molar-refractivity contribution in [3.8, 4) is 0 Å². The molecule has 0 radical (unpaired) electrons. The van der Waals surface area contributed by atoms with Gasteiger partial charge in [0, 0.05) is 44.3 Å². The normalized spacial score (nSPS) is 23.1. The zero-order valence-corrected chi connectivity index (χ0v) is 11.6. The highest BCUT2D eigenvalue weighted by atomic mass is 16.2. The van der Waals surface area contributed by atoms with Gasteiger partial charge in [0.05, 0.1) is 6.54 Å². The Balaban J connectivity index is 1.71. The number of nitrogens with zero attached hydrogens (tertiary/aromatic N) is 2. The summed E-state index contributed by atoms with van der Waals surface area (Å²) in [6.45, 7) is 9.51. The van der Waals surface area contributed by atoms with Crippen LogP contribution in [-0.4, -0.2) is 66.6 Å². The van der Waals surface area contributed by atoms with Crippen LogP contribution < -0.4 is 11.1 Å². The number of carbonyl (C=O) groups is 1. The van der Waals surface area contributed by atoms with E-state index in [4.69, 9.17) is 5.73 Å². The molecule has 1 heterocycles. The zero-order chi connectivity index (χ0) is 13.2. The highest BCUT2D eigenvalue weighted by Crippen LogP contribution is 2.19. The van der Waals surface area contributed by atoms with Gasteiger partial charge in [-0.3, -0.25) is 14.6 Å². The van der Waals surface area contributed by atoms with Gasteiger partial charge in [0.1, 0.15) is 0 Å². The van der Waals surface area contributed by atoms with Gasteiger partial charge in [0.2, 0.25) is 5.91 Å². The molecule has 104 valence electrons. The maximum Gasteiger partial charge on any atom is 0.234 e. The third-order valence-electron chi connectivity index (χ3n) is 4.04. The second kappa shape index (κ2) is 5.55. The molecule has 1 aliphatic carbocycles. The molecule has 1 saturated heterocycles. The lowest BCUT2D eigenvalue weighted by atomic mass is 10.0. The number of hydrogen-bond acceptors (Lipinski definition) is 4. The summed E-state index contributed by atoms with van der Waals surface area (Å²) in [5.41, 5.74) is 5.87. The Kier molecular flexibility index (Phi) is 4.25. The predicted octanol–water partition coefficient (Wildman–Crippen LogP) is -0.380. The van der Waals surface area contributed by atoms with Gasteiger partial charge in [-0.25, -0.2) is 0 Å². The molecule has 1 aliphatic heterocycles. The molecule has 0 spiro atoms. The Labute approximate surface area is 110 Å². The van der Waals surface area contributed by atoms with E-state index < -0.39 is 0 Å². The Morgan fingerprint density at radius 3 is 2.39 bits per heavy atom. The first-order chi connectivity index (χ1) is 8.51. The summed E-state index contributed by atoms with van der Waals surface area (Å²) in [5.74, 6) is 0.184. The molecular formula is C13H26N4O. The maximum atomic E-state index is 11.7. The minimum absolute atomic E-state index is 0.0718. The highest BCUT2D eigenvalue weighted by molar-refractivity contribution is 5.78. The molecule has 0 bridgehead atoms. The minimum Gasteiger partial charge on any atom is -0.352 e. The fourth-order valence-electron chi connectivity index (χ4n) is 2.34. The lowest BCUT2D eigenvalue weighted by Crippen LogP contribution is -2.58. The van der Waals surface area contributed by atoms with E-state index in [-0.39, 0.29) is 11.4 Å². The molecule has 1 saturated carbocycles. The van der Waals surface area contributed by atoms with E-state index in [1.54, 1.807) is 0 Å². The lowest BCUT2D eigenvalue weighted by molar-refractivity contribution is -0.123. The van der Waals surface area contributed by atoms with Crippen molar-refractivity contribution in [3.63, 3.8) is 0 Å². The molecule has 5 heteroatoms. The zero-order valence-electron chi connectivity index (χ0n) is 11.6. The van der Waals surface area contributed by atoms with Gasteiger partial charge in [-0.1, -0.05) is 0 Å². The smallest absolute Gasteiger partial charge is 0.234 e. The minimum atomic E-state index is 0.0718. The number of rotatable bonds is 5. The molecule has 18 heavy (non-hydrogen) atoms. The van der Waals surface area contributed by atoms with Crippen molar-refractivity contribution in [3.05, 3.63) is 0 Å². The van der Waals surface area contributed by atoms with E-state index in [1.165, 1.54) is 0 Å². The summed E-state index contributed by atoms with van der Waals surface area (Å²) in [5, 5.41) is 3.04. The van der Waals surface area contributed by atoms with Gasteiger partial charge < -0.3 is 11.1 Å². The average molecular weight is 254 g/mol. The fraction of sp³-hybridized carbons (Fsp3) is 0.923. The summed E-state index contributed by atoms with van der Waals surface area (Å²) in [6, 6.07) is 0.468. The van der Waals surface area contributed by atoms with Crippen LogP contribution in [0.15, 0.2) is 0 Å². The number of carbonyl (C=O) groups excluding carboxylic acids is 1. The van der Waals surface area contributed by atoms with Crippen LogP contribution in [0.5, 0.6) is 0 Å². The van der Waals surface area contributed by atoms with Gasteiger partial charge in [0.25, 0.3) is 0 Å². The quantitative estimate of drug-likeness (QED) is 0.702. The topological polar surface area (TPSA) is 61.6 Å². The number of nitrogens with two attached hydrogens (primary N) is 1. The molecule has 0 unspecified atom stereocenters. The molecule has 3 N–H and O–H groups in total. The van der Waals surface area contributed by atoms with Crippen molar-refractivity contribution in [2.24, 2.45) is 5.73 Å². The van der Waals surface area contributed by atoms with Gasteiger partial charge in [-0.05, 0) is 26.7 Å². The molecule has 0 aromatic carbocycles. The SMILES string of the molecule is CC(C)(CN)N1CCN(CC(=O)NC2CC2)CC1. The van der Waals surface area contributed by atoms with Crippen molar-refractivity contribution in [1.82, 2.24) is 15.1 Å². The standard InChI is InChI=1S/C13H26N4O/c1-13(2,10-14)17-7-5-16(6-8-17)9-12(18)15-11-3-4-11/h11H,3-10,14H2,1-2H3,(H,15,18). The second-order valence-electron chi connectivity index (χ2n) is 6.12. The van der Waals surface area contributed by atoms with Gasteiger partial charge in [0.15, 0.2) is 0 Å². The first-order valence-corrected chi connectivity index (χ1v) is 6.98. The van der Waals surface area contributed by atoms with Crippen LogP contribution in [0, 0.1) is 0 Å². The van der Waals surface area contributed by atoms with Gasteiger partial charge in [-0.15, -0.1) is 0 Å². The Hall–Kier alpha value is -0.650. The Morgan fingerprint density at radius 2 is 1.89 bits per heavy atom. The van der Waals surface area contributed by atoms with Gasteiger partial charge in [-0.2, -0.15) is 0 Å². The van der Waals surface area contributed by atoms with Crippen molar-refractivity contribution >= 4 is 5.91 Å². The molecule has 0 atom stereocenters. The van der Waals surface area contributed by atoms with E-state index in [9.17, 15) is 4.79 Å². The van der Waals surface area contributed by atoms with E-state index in [0.717, 1.165) is 39.0 Å². The predicted molar refractivity (Wildman–Crippen MR) is 72.3 cm³/mol. The highest BCUT2D eigenvalue weighted by Gasteiger charge is 2.30. The van der Waals surface area contributed by atoms with Crippen LogP contribution in [0.1, 0.15) is 26.7 Å². The third-order valence-corrected chi connectivity index (χ3v) is 4.04. The molecule has 2 fully saturated rings. The summed E-state index contributed by atoms with van der Waals surface area (Å²) in [6.07, 6.45) is 2.31. The van der Waals surface area contributed by atoms with Crippen molar-refractivity contribution in [2.45, 2.75) is 38.3 Å².